The molecule has 0 fully saturated rings. The van der Waals surface area contributed by atoms with Gasteiger partial charge in [0, 0.05) is 18.9 Å². The monoisotopic (exact) mass is 336 g/mol. The van der Waals surface area contributed by atoms with Crippen molar-refractivity contribution in [3.8, 4) is 11.5 Å². The van der Waals surface area contributed by atoms with E-state index in [1.165, 1.54) is 7.11 Å². The molecule has 0 spiro atoms. The third-order valence-electron chi connectivity index (χ3n) is 3.33. The molecule has 5 heteroatoms. The summed E-state index contributed by atoms with van der Waals surface area (Å²) < 4.78 is 17.3. The zero-order valence-corrected chi connectivity index (χ0v) is 15.3. The van der Waals surface area contributed by atoms with Crippen LogP contribution in [-0.2, 0) is 16.3 Å². The topological polar surface area (TPSA) is 27.7 Å². The summed E-state index contributed by atoms with van der Waals surface area (Å²) in [5.74, 6) is 1.41. The summed E-state index contributed by atoms with van der Waals surface area (Å²) in [6.07, 6.45) is 0. The van der Waals surface area contributed by atoms with E-state index in [2.05, 4.69) is 0 Å². The lowest BCUT2D eigenvalue weighted by molar-refractivity contribution is 0.318. The van der Waals surface area contributed by atoms with E-state index >= 15 is 0 Å². The van der Waals surface area contributed by atoms with Gasteiger partial charge in [0.1, 0.15) is 11.5 Å². The maximum absolute atomic E-state index is 5.94. The highest BCUT2D eigenvalue weighted by Crippen LogP contribution is 2.50. The minimum absolute atomic E-state index is 0.704. The van der Waals surface area contributed by atoms with Crippen LogP contribution in [0.25, 0.3) is 0 Å². The molecule has 0 unspecified atom stereocenters. The molecule has 0 aliphatic carbocycles. The molecule has 0 radical (unpaired) electrons. The van der Waals surface area contributed by atoms with Gasteiger partial charge < -0.3 is 9.05 Å². The normalized spacial score (nSPS) is 11.3. The van der Waals surface area contributed by atoms with E-state index in [0.717, 1.165) is 22.3 Å². The van der Waals surface area contributed by atoms with E-state index < -0.39 is 6.72 Å². The molecule has 0 atom stereocenters. The first-order valence-electron chi connectivity index (χ1n) is 7.02. The fourth-order valence-electron chi connectivity index (χ4n) is 1.95. The third kappa shape index (κ3) is 4.10. The van der Waals surface area contributed by atoms with Crippen LogP contribution in [0.3, 0.4) is 0 Å². The minimum atomic E-state index is -2.90. The Labute approximate surface area is 137 Å². The van der Waals surface area contributed by atoms with Crippen LogP contribution in [0.2, 0.25) is 0 Å². The summed E-state index contributed by atoms with van der Waals surface area (Å²) in [4.78, 5) is 0. The summed E-state index contributed by atoms with van der Waals surface area (Å²) >= 11 is 5.52. The highest BCUT2D eigenvalue weighted by Gasteiger charge is 2.24. The largest absolute Gasteiger partial charge is 0.434 e. The first-order valence-corrected chi connectivity index (χ1v) is 9.58. The highest BCUT2D eigenvalue weighted by molar-refractivity contribution is 8.07. The minimum Gasteiger partial charge on any atom is -0.415 e. The maximum atomic E-state index is 5.94. The first-order chi connectivity index (χ1) is 10.3. The van der Waals surface area contributed by atoms with E-state index in [1.54, 1.807) is 0 Å². The summed E-state index contributed by atoms with van der Waals surface area (Å²) in [7, 11) is 1.52. The van der Waals surface area contributed by atoms with E-state index in [0.29, 0.717) is 11.5 Å². The Morgan fingerprint density at radius 1 is 0.773 bits per heavy atom. The number of aryl methyl sites for hydroxylation is 4. The predicted molar refractivity (Wildman–Crippen MR) is 94.4 cm³/mol. The molecule has 2 aromatic rings. The molecule has 0 aliphatic heterocycles. The Kier molecular flexibility index (Phi) is 5.28. The van der Waals surface area contributed by atoms with Crippen LogP contribution in [0.5, 0.6) is 11.5 Å². The van der Waals surface area contributed by atoms with Crippen LogP contribution in [0.15, 0.2) is 36.4 Å². The highest BCUT2D eigenvalue weighted by atomic mass is 32.5. The van der Waals surface area contributed by atoms with Crippen LogP contribution in [0.4, 0.5) is 0 Å². The van der Waals surface area contributed by atoms with Crippen LogP contribution < -0.4 is 9.05 Å². The Morgan fingerprint density at radius 2 is 1.18 bits per heavy atom. The van der Waals surface area contributed by atoms with Crippen molar-refractivity contribution >= 4 is 18.5 Å². The quantitative estimate of drug-likeness (QED) is 0.697. The second kappa shape index (κ2) is 6.82. The van der Waals surface area contributed by atoms with Crippen molar-refractivity contribution in [2.45, 2.75) is 27.7 Å². The number of benzene rings is 2. The van der Waals surface area contributed by atoms with Crippen molar-refractivity contribution in [2.75, 3.05) is 7.11 Å². The standard InChI is InChI=1S/C17H21O3PS/c1-12-6-8-14(3)16(10-12)19-21(22,18-5)20-17-11-13(2)7-9-15(17)4/h6-11H,1-5H3. The smallest absolute Gasteiger partial charge is 0.415 e. The fourth-order valence-corrected chi connectivity index (χ4v) is 3.49. The predicted octanol–water partition coefficient (Wildman–Crippen LogP) is 5.25. The summed E-state index contributed by atoms with van der Waals surface area (Å²) in [6.45, 7) is 5.06. The van der Waals surface area contributed by atoms with Gasteiger partial charge in [-0.2, -0.15) is 0 Å². The maximum Gasteiger partial charge on any atom is 0.434 e. The van der Waals surface area contributed by atoms with Crippen LogP contribution in [-0.4, -0.2) is 7.11 Å². The Morgan fingerprint density at radius 3 is 1.55 bits per heavy atom. The Hall–Kier alpha value is -1.35. The molecular formula is C17H21O3PS. The molecule has 0 bridgehead atoms. The van der Waals surface area contributed by atoms with Crippen molar-refractivity contribution in [2.24, 2.45) is 0 Å². The third-order valence-corrected chi connectivity index (χ3v) is 5.51. The molecule has 0 amide bonds. The van der Waals surface area contributed by atoms with E-state index in [4.69, 9.17) is 25.4 Å². The molecule has 3 nitrogen and oxygen atoms in total. The van der Waals surface area contributed by atoms with Gasteiger partial charge in [0.15, 0.2) is 0 Å². The summed E-state index contributed by atoms with van der Waals surface area (Å²) in [6, 6.07) is 12.0. The van der Waals surface area contributed by atoms with Gasteiger partial charge in [-0.15, -0.1) is 0 Å². The van der Waals surface area contributed by atoms with Gasteiger partial charge in [-0.3, -0.25) is 4.52 Å². The zero-order chi connectivity index (χ0) is 16.3. The lowest BCUT2D eigenvalue weighted by Crippen LogP contribution is -2.04. The molecule has 0 aliphatic rings. The summed E-state index contributed by atoms with van der Waals surface area (Å²) in [5, 5.41) is 0. The van der Waals surface area contributed by atoms with Crippen molar-refractivity contribution in [1.82, 2.24) is 0 Å². The molecule has 118 valence electrons. The van der Waals surface area contributed by atoms with Gasteiger partial charge in [-0.1, -0.05) is 24.3 Å². The van der Waals surface area contributed by atoms with Crippen molar-refractivity contribution < 1.29 is 13.6 Å². The van der Waals surface area contributed by atoms with Crippen LogP contribution in [0.1, 0.15) is 22.3 Å². The SMILES string of the molecule is COP(=S)(Oc1cc(C)ccc1C)Oc1cc(C)ccc1C. The number of rotatable bonds is 5. The van der Waals surface area contributed by atoms with Gasteiger partial charge in [-0.25, -0.2) is 0 Å². The van der Waals surface area contributed by atoms with Crippen LogP contribution >= 0.6 is 6.72 Å². The molecule has 0 saturated heterocycles. The van der Waals surface area contributed by atoms with Gasteiger partial charge in [0.25, 0.3) is 0 Å². The van der Waals surface area contributed by atoms with Crippen molar-refractivity contribution in [3.63, 3.8) is 0 Å². The second-order valence-corrected chi connectivity index (χ2v) is 8.32. The average molecular weight is 336 g/mol. The second-order valence-electron chi connectivity index (χ2n) is 5.35. The molecule has 0 heterocycles. The number of hydrogen-bond acceptors (Lipinski definition) is 4. The average Bonchev–Trinajstić information content (AvgIpc) is 2.47. The van der Waals surface area contributed by atoms with E-state index in [1.807, 2.05) is 64.1 Å². The van der Waals surface area contributed by atoms with Crippen molar-refractivity contribution in [1.29, 1.82) is 0 Å². The Balaban J connectivity index is 2.30. The first kappa shape index (κ1) is 17.0. The van der Waals surface area contributed by atoms with Gasteiger partial charge >= 0.3 is 6.72 Å². The molecule has 0 saturated carbocycles. The van der Waals surface area contributed by atoms with Crippen LogP contribution in [0, 0.1) is 27.7 Å². The fraction of sp³-hybridized carbons (Fsp3) is 0.294. The summed E-state index contributed by atoms with van der Waals surface area (Å²) in [5.41, 5.74) is 4.21. The molecule has 0 N–H and O–H groups in total. The lowest BCUT2D eigenvalue weighted by Gasteiger charge is -2.23. The van der Waals surface area contributed by atoms with Gasteiger partial charge in [0.2, 0.25) is 0 Å². The van der Waals surface area contributed by atoms with Gasteiger partial charge in [0.05, 0.1) is 0 Å². The molecule has 2 aromatic carbocycles. The van der Waals surface area contributed by atoms with E-state index in [9.17, 15) is 0 Å². The molecule has 22 heavy (non-hydrogen) atoms. The van der Waals surface area contributed by atoms with E-state index in [-0.39, 0.29) is 0 Å². The number of hydrogen-bond donors (Lipinski definition) is 0. The van der Waals surface area contributed by atoms with Crippen molar-refractivity contribution in [3.05, 3.63) is 58.7 Å². The molecule has 0 aromatic heterocycles. The molecular weight excluding hydrogens is 315 g/mol. The molecule has 2 rings (SSSR count). The Bertz CT molecular complexity index is 670. The van der Waals surface area contributed by atoms with Gasteiger partial charge in [-0.05, 0) is 62.1 Å². The zero-order valence-electron chi connectivity index (χ0n) is 13.5. The lowest BCUT2D eigenvalue weighted by atomic mass is 10.1.